The van der Waals surface area contributed by atoms with Crippen LogP contribution in [0.15, 0.2) is 12.3 Å². The maximum absolute atomic E-state index is 12.3. The van der Waals surface area contributed by atoms with Crippen LogP contribution >= 0.6 is 11.6 Å². The lowest BCUT2D eigenvalue weighted by atomic mass is 10.2. The molecule has 8 nitrogen and oxygen atoms in total. The van der Waals surface area contributed by atoms with E-state index in [1.807, 2.05) is 0 Å². The molecular weight excluding hydrogens is 288 g/mol. The normalized spacial score (nSPS) is 18.1. The molecule has 1 fully saturated rings. The summed E-state index contributed by atoms with van der Waals surface area (Å²) in [4.78, 5) is 38.5. The van der Waals surface area contributed by atoms with Crippen LogP contribution in [0.25, 0.3) is 0 Å². The lowest BCUT2D eigenvalue weighted by molar-refractivity contribution is -0.385. The number of primary amides is 1. The molecule has 0 aliphatic carbocycles. The maximum Gasteiger partial charge on any atom is 0.288 e. The van der Waals surface area contributed by atoms with Gasteiger partial charge in [0.05, 0.1) is 10.5 Å². The topological polar surface area (TPSA) is 119 Å². The van der Waals surface area contributed by atoms with Crippen molar-refractivity contribution >= 4 is 29.1 Å². The van der Waals surface area contributed by atoms with Gasteiger partial charge >= 0.3 is 0 Å². The highest BCUT2D eigenvalue weighted by atomic mass is 35.5. The van der Waals surface area contributed by atoms with E-state index in [1.54, 1.807) is 0 Å². The molecule has 1 saturated heterocycles. The predicted molar refractivity (Wildman–Crippen MR) is 69.2 cm³/mol. The number of hydrogen-bond donors (Lipinski definition) is 1. The first-order valence-electron chi connectivity index (χ1n) is 5.82. The van der Waals surface area contributed by atoms with E-state index in [9.17, 15) is 19.7 Å². The number of aromatic nitrogens is 1. The Morgan fingerprint density at radius 2 is 2.25 bits per heavy atom. The number of amides is 2. The van der Waals surface area contributed by atoms with E-state index >= 15 is 0 Å². The summed E-state index contributed by atoms with van der Waals surface area (Å²) in [6.07, 6.45) is 2.08. The average molecular weight is 299 g/mol. The Kier molecular flexibility index (Phi) is 3.84. The number of rotatable bonds is 3. The molecule has 1 unspecified atom stereocenters. The minimum Gasteiger partial charge on any atom is -0.368 e. The molecule has 0 bridgehead atoms. The van der Waals surface area contributed by atoms with Crippen LogP contribution in [0.2, 0.25) is 5.15 Å². The first-order valence-corrected chi connectivity index (χ1v) is 6.20. The summed E-state index contributed by atoms with van der Waals surface area (Å²) < 4.78 is 0. The van der Waals surface area contributed by atoms with Crippen molar-refractivity contribution in [3.05, 3.63) is 33.1 Å². The second kappa shape index (κ2) is 5.41. The molecule has 0 spiro atoms. The van der Waals surface area contributed by atoms with Crippen LogP contribution in [0.3, 0.4) is 0 Å². The first-order chi connectivity index (χ1) is 9.41. The molecule has 0 aromatic carbocycles. The van der Waals surface area contributed by atoms with Crippen molar-refractivity contribution in [1.82, 2.24) is 9.88 Å². The fourth-order valence-electron chi connectivity index (χ4n) is 2.15. The van der Waals surface area contributed by atoms with Crippen LogP contribution in [-0.4, -0.2) is 39.2 Å². The van der Waals surface area contributed by atoms with Crippen molar-refractivity contribution in [2.75, 3.05) is 6.54 Å². The van der Waals surface area contributed by atoms with Crippen molar-refractivity contribution in [3.8, 4) is 0 Å². The van der Waals surface area contributed by atoms with E-state index in [4.69, 9.17) is 17.3 Å². The molecule has 1 aromatic heterocycles. The SMILES string of the molecule is NC(=O)C1CCCN1C(=O)c1cc([N+](=O)[O-])cnc1Cl. The highest BCUT2D eigenvalue weighted by molar-refractivity contribution is 6.32. The van der Waals surface area contributed by atoms with Gasteiger partial charge in [0.25, 0.3) is 11.6 Å². The van der Waals surface area contributed by atoms with Gasteiger partial charge in [0.15, 0.2) is 0 Å². The monoisotopic (exact) mass is 298 g/mol. The van der Waals surface area contributed by atoms with Gasteiger partial charge in [-0.3, -0.25) is 19.7 Å². The third-order valence-corrected chi connectivity index (χ3v) is 3.41. The van der Waals surface area contributed by atoms with Gasteiger partial charge in [0.2, 0.25) is 5.91 Å². The molecular formula is C11H11ClN4O4. The number of nitro groups is 1. The Labute approximate surface area is 118 Å². The number of pyridine rings is 1. The molecule has 2 heterocycles. The molecule has 20 heavy (non-hydrogen) atoms. The fraction of sp³-hybridized carbons (Fsp3) is 0.364. The van der Waals surface area contributed by atoms with Crippen LogP contribution in [0.5, 0.6) is 0 Å². The summed E-state index contributed by atoms with van der Waals surface area (Å²) in [5, 5.41) is 10.6. The zero-order valence-corrected chi connectivity index (χ0v) is 11.0. The van der Waals surface area contributed by atoms with Crippen LogP contribution in [-0.2, 0) is 4.79 Å². The third-order valence-electron chi connectivity index (χ3n) is 3.11. The van der Waals surface area contributed by atoms with Crippen LogP contribution in [0, 0.1) is 10.1 Å². The summed E-state index contributed by atoms with van der Waals surface area (Å²) in [5.41, 5.74) is 4.79. The molecule has 0 saturated carbocycles. The van der Waals surface area contributed by atoms with Gasteiger partial charge in [-0.2, -0.15) is 0 Å². The summed E-state index contributed by atoms with van der Waals surface area (Å²) >= 11 is 5.80. The Morgan fingerprint density at radius 3 is 2.85 bits per heavy atom. The van der Waals surface area contributed by atoms with Crippen molar-refractivity contribution < 1.29 is 14.5 Å². The smallest absolute Gasteiger partial charge is 0.288 e. The molecule has 2 N–H and O–H groups in total. The third kappa shape index (κ3) is 2.55. The number of hydrogen-bond acceptors (Lipinski definition) is 5. The summed E-state index contributed by atoms with van der Waals surface area (Å²) in [7, 11) is 0. The van der Waals surface area contributed by atoms with E-state index in [1.165, 1.54) is 4.90 Å². The zero-order chi connectivity index (χ0) is 14.9. The van der Waals surface area contributed by atoms with Crippen LogP contribution in [0.4, 0.5) is 5.69 Å². The second-order valence-electron chi connectivity index (χ2n) is 4.35. The van der Waals surface area contributed by atoms with E-state index in [0.29, 0.717) is 19.4 Å². The van der Waals surface area contributed by atoms with Crippen molar-refractivity contribution in [3.63, 3.8) is 0 Å². The molecule has 1 aromatic rings. The van der Waals surface area contributed by atoms with Gasteiger partial charge < -0.3 is 10.6 Å². The van der Waals surface area contributed by atoms with Crippen LogP contribution < -0.4 is 5.73 Å². The number of carbonyl (C=O) groups is 2. The maximum atomic E-state index is 12.3. The van der Waals surface area contributed by atoms with E-state index in [2.05, 4.69) is 4.98 Å². The quantitative estimate of drug-likeness (QED) is 0.501. The lowest BCUT2D eigenvalue weighted by Crippen LogP contribution is -2.43. The molecule has 1 aliphatic rings. The first kappa shape index (κ1) is 14.2. The Morgan fingerprint density at radius 1 is 1.55 bits per heavy atom. The van der Waals surface area contributed by atoms with Gasteiger partial charge in [0.1, 0.15) is 17.4 Å². The van der Waals surface area contributed by atoms with Gasteiger partial charge in [-0.1, -0.05) is 11.6 Å². The van der Waals surface area contributed by atoms with Crippen molar-refractivity contribution in [1.29, 1.82) is 0 Å². The van der Waals surface area contributed by atoms with Gasteiger partial charge in [-0.15, -0.1) is 0 Å². The summed E-state index contributed by atoms with van der Waals surface area (Å²) in [6.45, 7) is 0.353. The minimum absolute atomic E-state index is 0.103. The van der Waals surface area contributed by atoms with Crippen molar-refractivity contribution in [2.45, 2.75) is 18.9 Å². The largest absolute Gasteiger partial charge is 0.368 e. The average Bonchev–Trinajstić information content (AvgIpc) is 2.87. The van der Waals surface area contributed by atoms with E-state index < -0.39 is 22.8 Å². The van der Waals surface area contributed by atoms with Gasteiger partial charge in [-0.05, 0) is 12.8 Å². The zero-order valence-electron chi connectivity index (χ0n) is 10.3. The van der Waals surface area contributed by atoms with Crippen molar-refractivity contribution in [2.24, 2.45) is 5.73 Å². The molecule has 2 amide bonds. The van der Waals surface area contributed by atoms with E-state index in [0.717, 1.165) is 12.3 Å². The van der Waals surface area contributed by atoms with Gasteiger partial charge in [0, 0.05) is 12.6 Å². The fourth-order valence-corrected chi connectivity index (χ4v) is 2.33. The number of nitrogens with two attached hydrogens (primary N) is 1. The molecule has 106 valence electrons. The second-order valence-corrected chi connectivity index (χ2v) is 4.71. The predicted octanol–water partition coefficient (Wildman–Crippen LogP) is 0.733. The number of halogens is 1. The van der Waals surface area contributed by atoms with E-state index in [-0.39, 0.29) is 16.4 Å². The number of carbonyl (C=O) groups excluding carboxylic acids is 2. The Bertz CT molecular complexity index is 592. The standard InChI is InChI=1S/C11H11ClN4O4/c12-9-7(4-6(5-14-9)16(19)20)11(18)15-3-1-2-8(15)10(13)17/h4-5,8H,1-3H2,(H2,13,17). The number of nitrogens with zero attached hydrogens (tertiary/aromatic N) is 3. The highest BCUT2D eigenvalue weighted by Gasteiger charge is 2.34. The number of likely N-dealkylation sites (tertiary alicyclic amines) is 1. The lowest BCUT2D eigenvalue weighted by Gasteiger charge is -2.22. The summed E-state index contributed by atoms with van der Waals surface area (Å²) in [6, 6.07) is 0.339. The molecule has 0 radical (unpaired) electrons. The molecule has 2 rings (SSSR count). The summed E-state index contributed by atoms with van der Waals surface area (Å²) in [5.74, 6) is -1.18. The molecule has 1 aliphatic heterocycles. The Balaban J connectivity index is 2.35. The highest BCUT2D eigenvalue weighted by Crippen LogP contribution is 2.25. The molecule has 1 atom stereocenters. The van der Waals surface area contributed by atoms with Crippen LogP contribution in [0.1, 0.15) is 23.2 Å². The Hall–Kier alpha value is -2.22. The minimum atomic E-state index is -0.710. The van der Waals surface area contributed by atoms with Gasteiger partial charge in [-0.25, -0.2) is 4.98 Å². The molecule has 9 heteroatoms.